The van der Waals surface area contributed by atoms with E-state index in [9.17, 15) is 13.2 Å². The quantitative estimate of drug-likeness (QED) is 0.569. The lowest BCUT2D eigenvalue weighted by Crippen LogP contribution is -2.76. The molecular weight excluding hydrogens is 464 g/mol. The summed E-state index contributed by atoms with van der Waals surface area (Å²) in [6.45, 7) is 0. The van der Waals surface area contributed by atoms with Crippen molar-refractivity contribution in [1.29, 1.82) is 0 Å². The van der Waals surface area contributed by atoms with Crippen LogP contribution in [0.5, 0.6) is 0 Å². The molecule has 4 saturated carbocycles. The van der Waals surface area contributed by atoms with Crippen molar-refractivity contribution in [2.45, 2.75) is 47.8 Å². The zero-order valence-corrected chi connectivity index (χ0v) is 19.4. The van der Waals surface area contributed by atoms with Gasteiger partial charge < -0.3 is 9.84 Å². The maximum Gasteiger partial charge on any atom is 0.251 e. The van der Waals surface area contributed by atoms with Gasteiger partial charge >= 0.3 is 0 Å². The van der Waals surface area contributed by atoms with Gasteiger partial charge in [-0.05, 0) is 68.5 Å². The number of pyridine rings is 1. The van der Waals surface area contributed by atoms with Crippen LogP contribution in [0.4, 0.5) is 0 Å². The van der Waals surface area contributed by atoms with E-state index in [0.29, 0.717) is 40.8 Å². The fourth-order valence-electron chi connectivity index (χ4n) is 5.37. The third-order valence-corrected chi connectivity index (χ3v) is 9.58. The Hall–Kier alpha value is -2.78. The number of sulfone groups is 1. The van der Waals surface area contributed by atoms with Crippen LogP contribution in [0.3, 0.4) is 0 Å². The van der Waals surface area contributed by atoms with Crippen molar-refractivity contribution >= 4 is 27.3 Å². The van der Waals surface area contributed by atoms with E-state index >= 15 is 0 Å². The highest BCUT2D eigenvalue weighted by atomic mass is 35.5. The molecule has 1 aromatic carbocycles. The minimum atomic E-state index is -3.29. The molecule has 0 radical (unpaired) electrons. The fourth-order valence-corrected chi connectivity index (χ4v) is 6.83. The normalized spacial score (nSPS) is 26.7. The summed E-state index contributed by atoms with van der Waals surface area (Å²) in [6, 6.07) is 10.5. The summed E-state index contributed by atoms with van der Waals surface area (Å²) in [5.41, 5.74) is 1.23. The largest absolute Gasteiger partial charge is 0.346 e. The molecule has 3 aromatic rings. The standard InChI is InChI=1S/C23H21ClN4O4S/c1-33(30,31)23(7-8-23)17-10-15(6-9-25-17)19(29)27-22-11-21(12-22,13-22)20-26-18(28-32-20)14-2-4-16(24)5-3-14/h2-6,9-10H,7-8,11-13H2,1H3,(H,27,29). The maximum atomic E-state index is 12.9. The number of aromatic nitrogens is 3. The molecule has 1 N–H and O–H groups in total. The van der Waals surface area contributed by atoms with Crippen molar-refractivity contribution in [3.8, 4) is 11.4 Å². The molecule has 10 heteroatoms. The van der Waals surface area contributed by atoms with Gasteiger partial charge in [0.1, 0.15) is 4.75 Å². The molecule has 8 nitrogen and oxygen atoms in total. The molecule has 4 aliphatic carbocycles. The van der Waals surface area contributed by atoms with Gasteiger partial charge in [0.15, 0.2) is 9.84 Å². The Bertz CT molecular complexity index is 1380. The Morgan fingerprint density at radius 3 is 2.45 bits per heavy atom. The number of rotatable bonds is 6. The van der Waals surface area contributed by atoms with Crippen molar-refractivity contribution < 1.29 is 17.7 Å². The van der Waals surface area contributed by atoms with Gasteiger partial charge in [-0.2, -0.15) is 4.98 Å². The van der Waals surface area contributed by atoms with Crippen LogP contribution in [-0.2, 0) is 20.0 Å². The van der Waals surface area contributed by atoms with E-state index in [1.54, 1.807) is 24.3 Å². The summed E-state index contributed by atoms with van der Waals surface area (Å²) in [6.07, 6.45) is 6.02. The molecule has 2 heterocycles. The van der Waals surface area contributed by atoms with Gasteiger partial charge in [-0.15, -0.1) is 0 Å². The van der Waals surface area contributed by atoms with Gasteiger partial charge in [0.2, 0.25) is 11.7 Å². The second-order valence-electron chi connectivity index (χ2n) is 9.67. The van der Waals surface area contributed by atoms with Crippen molar-refractivity contribution in [3.05, 3.63) is 64.8 Å². The number of halogens is 1. The molecule has 0 unspecified atom stereocenters. The first-order chi connectivity index (χ1) is 15.6. The predicted octanol–water partition coefficient (Wildman–Crippen LogP) is 3.42. The van der Waals surface area contributed by atoms with Gasteiger partial charge in [0.25, 0.3) is 5.91 Å². The van der Waals surface area contributed by atoms with E-state index in [1.165, 1.54) is 12.5 Å². The summed E-state index contributed by atoms with van der Waals surface area (Å²) >= 11 is 5.94. The Kier molecular flexibility index (Phi) is 4.18. The van der Waals surface area contributed by atoms with Gasteiger partial charge in [0.05, 0.1) is 11.1 Å². The molecule has 0 aliphatic heterocycles. The van der Waals surface area contributed by atoms with Gasteiger partial charge in [0, 0.05) is 34.1 Å². The molecule has 0 spiro atoms. The average Bonchev–Trinajstić information content (AvgIpc) is 3.43. The van der Waals surface area contributed by atoms with Crippen molar-refractivity contribution in [2.75, 3.05) is 6.26 Å². The first-order valence-corrected chi connectivity index (χ1v) is 13.0. The van der Waals surface area contributed by atoms with Crippen LogP contribution in [0.25, 0.3) is 11.4 Å². The van der Waals surface area contributed by atoms with E-state index in [1.807, 2.05) is 12.1 Å². The minimum absolute atomic E-state index is 0.192. The molecule has 170 valence electrons. The number of carbonyl (C=O) groups excluding carboxylic acids is 1. The molecule has 4 aliphatic rings. The van der Waals surface area contributed by atoms with Gasteiger partial charge in [-0.25, -0.2) is 8.42 Å². The number of hydrogen-bond acceptors (Lipinski definition) is 7. The maximum absolute atomic E-state index is 12.9. The van der Waals surface area contributed by atoms with Crippen LogP contribution in [0, 0.1) is 0 Å². The van der Waals surface area contributed by atoms with Crippen LogP contribution in [0.15, 0.2) is 47.1 Å². The number of carbonyl (C=O) groups is 1. The number of hydrogen-bond donors (Lipinski definition) is 1. The van der Waals surface area contributed by atoms with E-state index in [0.717, 1.165) is 24.8 Å². The third-order valence-electron chi connectivity index (χ3n) is 7.29. The van der Waals surface area contributed by atoms with E-state index < -0.39 is 14.6 Å². The fraction of sp³-hybridized carbons (Fsp3) is 0.391. The highest BCUT2D eigenvalue weighted by molar-refractivity contribution is 7.91. The van der Waals surface area contributed by atoms with E-state index in [4.69, 9.17) is 16.1 Å². The zero-order valence-electron chi connectivity index (χ0n) is 17.8. The van der Waals surface area contributed by atoms with Crippen LogP contribution >= 0.6 is 11.6 Å². The Balaban J connectivity index is 1.14. The lowest BCUT2D eigenvalue weighted by atomic mass is 9.39. The Morgan fingerprint density at radius 1 is 1.12 bits per heavy atom. The summed E-state index contributed by atoms with van der Waals surface area (Å²) in [7, 11) is -3.29. The third kappa shape index (κ3) is 3.13. The monoisotopic (exact) mass is 484 g/mol. The van der Waals surface area contributed by atoms with Crippen LogP contribution < -0.4 is 5.32 Å². The smallest absolute Gasteiger partial charge is 0.251 e. The molecular formula is C23H21ClN4O4S. The topological polar surface area (TPSA) is 115 Å². The number of nitrogens with one attached hydrogen (secondary N) is 1. The van der Waals surface area contributed by atoms with Crippen LogP contribution in [0.1, 0.15) is 54.0 Å². The summed E-state index contributed by atoms with van der Waals surface area (Å²) < 4.78 is 29.0. The molecule has 1 amide bonds. The highest BCUT2D eigenvalue weighted by Gasteiger charge is 2.72. The van der Waals surface area contributed by atoms with Crippen molar-refractivity contribution in [1.82, 2.24) is 20.4 Å². The first kappa shape index (κ1) is 20.8. The van der Waals surface area contributed by atoms with Gasteiger partial charge in [-0.3, -0.25) is 9.78 Å². The van der Waals surface area contributed by atoms with Crippen LogP contribution in [-0.4, -0.2) is 41.2 Å². The summed E-state index contributed by atoms with van der Waals surface area (Å²) in [5.74, 6) is 0.899. The first-order valence-electron chi connectivity index (χ1n) is 10.7. The van der Waals surface area contributed by atoms with Crippen molar-refractivity contribution in [2.24, 2.45) is 0 Å². The van der Waals surface area contributed by atoms with Crippen LogP contribution in [0.2, 0.25) is 5.02 Å². The molecule has 0 atom stereocenters. The van der Waals surface area contributed by atoms with E-state index in [2.05, 4.69) is 20.4 Å². The number of nitrogens with zero attached hydrogens (tertiary/aromatic N) is 3. The predicted molar refractivity (Wildman–Crippen MR) is 120 cm³/mol. The molecule has 2 aromatic heterocycles. The molecule has 2 bridgehead atoms. The second kappa shape index (κ2) is 6.64. The van der Waals surface area contributed by atoms with Gasteiger partial charge in [-0.1, -0.05) is 16.8 Å². The molecule has 0 saturated heterocycles. The lowest BCUT2D eigenvalue weighted by molar-refractivity contribution is -0.0985. The highest BCUT2D eigenvalue weighted by Crippen LogP contribution is 2.67. The Morgan fingerprint density at radius 2 is 1.82 bits per heavy atom. The number of benzene rings is 1. The molecule has 4 fully saturated rings. The Labute approximate surface area is 195 Å². The zero-order chi connectivity index (χ0) is 23.1. The minimum Gasteiger partial charge on any atom is -0.346 e. The van der Waals surface area contributed by atoms with E-state index in [-0.39, 0.29) is 16.9 Å². The average molecular weight is 485 g/mol. The second-order valence-corrected chi connectivity index (χ2v) is 12.4. The molecule has 33 heavy (non-hydrogen) atoms. The number of amides is 1. The lowest BCUT2D eigenvalue weighted by Gasteiger charge is -2.68. The summed E-state index contributed by atoms with van der Waals surface area (Å²) in [5, 5.41) is 7.88. The van der Waals surface area contributed by atoms with Crippen molar-refractivity contribution in [3.63, 3.8) is 0 Å². The SMILES string of the molecule is CS(=O)(=O)C1(c2cc(C(=O)NC34CC(c5nc(-c6ccc(Cl)cc6)no5)(C3)C4)ccn2)CC1. The summed E-state index contributed by atoms with van der Waals surface area (Å²) in [4.78, 5) is 21.8. The molecule has 7 rings (SSSR count).